The van der Waals surface area contributed by atoms with Gasteiger partial charge < -0.3 is 14.8 Å². The van der Waals surface area contributed by atoms with Crippen LogP contribution in [-0.2, 0) is 21.1 Å². The number of nitrogens with zero attached hydrogens (tertiary/aromatic N) is 2. The van der Waals surface area contributed by atoms with Crippen LogP contribution in [0.1, 0.15) is 17.7 Å². The number of rotatable bonds is 6. The molecule has 1 N–H and O–H groups in total. The molecule has 0 aliphatic carbocycles. The Morgan fingerprint density at radius 3 is 2.67 bits per heavy atom. The Hall–Kier alpha value is -1.57. The maximum atomic E-state index is 13.2. The van der Waals surface area contributed by atoms with Gasteiger partial charge in [0.15, 0.2) is 9.84 Å². The van der Waals surface area contributed by atoms with Crippen molar-refractivity contribution in [3.63, 3.8) is 0 Å². The van der Waals surface area contributed by atoms with E-state index in [-0.39, 0.29) is 29.9 Å². The van der Waals surface area contributed by atoms with Gasteiger partial charge in [-0.05, 0) is 51.2 Å². The normalized spacial score (nSPS) is 19.1. The molecule has 6 nitrogen and oxygen atoms in total. The standard InChI is InChI=1S/C19H26ClN3O3S/c1-13-16(17-10-14(20)4-5-18(17)21-13)11-19(24)23(8-7-22(2)3)15-6-9-27(25,26)12-15/h4-5,10,15,21H,6-9,11-12H2,1-3H3. The third-order valence-electron chi connectivity index (χ3n) is 5.17. The molecule has 148 valence electrons. The van der Waals surface area contributed by atoms with E-state index in [9.17, 15) is 13.2 Å². The fourth-order valence-electron chi connectivity index (χ4n) is 3.68. The van der Waals surface area contributed by atoms with Crippen LogP contribution in [-0.4, -0.2) is 73.8 Å². The summed E-state index contributed by atoms with van der Waals surface area (Å²) in [5.74, 6) is 0.179. The number of likely N-dealkylation sites (N-methyl/N-ethyl adjacent to an activating group) is 1. The largest absolute Gasteiger partial charge is 0.358 e. The minimum Gasteiger partial charge on any atom is -0.358 e. The molecule has 0 saturated carbocycles. The van der Waals surface area contributed by atoms with Crippen LogP contribution in [0.3, 0.4) is 0 Å². The third-order valence-corrected chi connectivity index (χ3v) is 7.15. The first-order valence-electron chi connectivity index (χ1n) is 9.07. The quantitative estimate of drug-likeness (QED) is 0.791. The molecule has 1 aliphatic heterocycles. The lowest BCUT2D eigenvalue weighted by Gasteiger charge is -2.29. The second-order valence-corrected chi connectivity index (χ2v) is 10.2. The van der Waals surface area contributed by atoms with Crippen molar-refractivity contribution in [2.75, 3.05) is 38.7 Å². The predicted molar refractivity (Wildman–Crippen MR) is 109 cm³/mol. The number of nitrogens with one attached hydrogen (secondary N) is 1. The molecular formula is C19H26ClN3O3S. The molecule has 1 unspecified atom stereocenters. The summed E-state index contributed by atoms with van der Waals surface area (Å²) < 4.78 is 23.8. The smallest absolute Gasteiger partial charge is 0.227 e. The zero-order valence-corrected chi connectivity index (χ0v) is 17.5. The number of carbonyl (C=O) groups excluding carboxylic acids is 1. The van der Waals surface area contributed by atoms with Gasteiger partial charge in [-0.1, -0.05) is 11.6 Å². The lowest BCUT2D eigenvalue weighted by molar-refractivity contribution is -0.132. The van der Waals surface area contributed by atoms with Gasteiger partial charge in [-0.2, -0.15) is 0 Å². The van der Waals surface area contributed by atoms with Gasteiger partial charge in [0.2, 0.25) is 5.91 Å². The fourth-order valence-corrected chi connectivity index (χ4v) is 5.58. The van der Waals surface area contributed by atoms with E-state index in [0.29, 0.717) is 24.5 Å². The van der Waals surface area contributed by atoms with Crippen molar-refractivity contribution in [3.8, 4) is 0 Å². The number of hydrogen-bond donors (Lipinski definition) is 1. The monoisotopic (exact) mass is 411 g/mol. The number of amides is 1. The molecule has 0 bridgehead atoms. The van der Waals surface area contributed by atoms with Crippen LogP contribution in [0, 0.1) is 6.92 Å². The van der Waals surface area contributed by atoms with Crippen LogP contribution in [0.5, 0.6) is 0 Å². The Morgan fingerprint density at radius 2 is 2.04 bits per heavy atom. The van der Waals surface area contributed by atoms with Crippen molar-refractivity contribution in [1.82, 2.24) is 14.8 Å². The number of aryl methyl sites for hydroxylation is 1. The van der Waals surface area contributed by atoms with Crippen LogP contribution in [0.2, 0.25) is 5.02 Å². The van der Waals surface area contributed by atoms with Crippen LogP contribution in [0.4, 0.5) is 0 Å². The molecule has 2 heterocycles. The van der Waals surface area contributed by atoms with Crippen molar-refractivity contribution in [1.29, 1.82) is 0 Å². The highest BCUT2D eigenvalue weighted by molar-refractivity contribution is 7.91. The molecule has 1 atom stereocenters. The second-order valence-electron chi connectivity index (χ2n) is 7.54. The molecule has 1 saturated heterocycles. The molecular weight excluding hydrogens is 386 g/mol. The zero-order chi connectivity index (χ0) is 19.8. The predicted octanol–water partition coefficient (Wildman–Crippen LogP) is 2.25. The minimum atomic E-state index is -3.05. The molecule has 1 amide bonds. The van der Waals surface area contributed by atoms with Crippen LogP contribution in [0.15, 0.2) is 18.2 Å². The molecule has 1 aromatic carbocycles. The first-order valence-corrected chi connectivity index (χ1v) is 11.3. The van der Waals surface area contributed by atoms with E-state index >= 15 is 0 Å². The SMILES string of the molecule is Cc1[nH]c2ccc(Cl)cc2c1CC(=O)N(CCN(C)C)C1CCS(=O)(=O)C1. The van der Waals surface area contributed by atoms with E-state index < -0.39 is 9.84 Å². The highest BCUT2D eigenvalue weighted by Crippen LogP contribution is 2.27. The van der Waals surface area contributed by atoms with Gasteiger partial charge in [0.05, 0.1) is 17.9 Å². The fraction of sp³-hybridized carbons (Fsp3) is 0.526. The molecule has 1 fully saturated rings. The maximum absolute atomic E-state index is 13.2. The van der Waals surface area contributed by atoms with Crippen LogP contribution >= 0.6 is 11.6 Å². The maximum Gasteiger partial charge on any atom is 0.227 e. The summed E-state index contributed by atoms with van der Waals surface area (Å²) in [4.78, 5) is 20.2. The first kappa shape index (κ1) is 20.2. The molecule has 2 aromatic rings. The van der Waals surface area contributed by atoms with Crippen molar-refractivity contribution >= 4 is 38.2 Å². The van der Waals surface area contributed by atoms with Crippen molar-refractivity contribution in [3.05, 3.63) is 34.5 Å². The lowest BCUT2D eigenvalue weighted by atomic mass is 10.1. The Labute approximate surface area is 165 Å². The molecule has 3 rings (SSSR count). The number of halogens is 1. The van der Waals surface area contributed by atoms with E-state index in [2.05, 4.69) is 4.98 Å². The summed E-state index contributed by atoms with van der Waals surface area (Å²) in [7, 11) is 0.834. The lowest BCUT2D eigenvalue weighted by Crippen LogP contribution is -2.45. The van der Waals surface area contributed by atoms with Gasteiger partial charge in [-0.15, -0.1) is 0 Å². The number of fused-ring (bicyclic) bond motifs is 1. The van der Waals surface area contributed by atoms with Gasteiger partial charge >= 0.3 is 0 Å². The Bertz CT molecular complexity index is 953. The summed E-state index contributed by atoms with van der Waals surface area (Å²) in [6.07, 6.45) is 0.746. The number of benzene rings is 1. The average Bonchev–Trinajstić information content (AvgIpc) is 3.07. The summed E-state index contributed by atoms with van der Waals surface area (Å²) in [5.41, 5.74) is 2.81. The van der Waals surface area contributed by atoms with E-state index in [1.165, 1.54) is 0 Å². The highest BCUT2D eigenvalue weighted by atomic mass is 35.5. The molecule has 27 heavy (non-hydrogen) atoms. The van der Waals surface area contributed by atoms with Gasteiger partial charge in [-0.3, -0.25) is 4.79 Å². The average molecular weight is 412 g/mol. The van der Waals surface area contributed by atoms with Gasteiger partial charge in [0, 0.05) is 40.8 Å². The van der Waals surface area contributed by atoms with Gasteiger partial charge in [0.25, 0.3) is 0 Å². The van der Waals surface area contributed by atoms with Crippen molar-refractivity contribution in [2.24, 2.45) is 0 Å². The topological polar surface area (TPSA) is 73.5 Å². The number of hydrogen-bond acceptors (Lipinski definition) is 4. The van der Waals surface area contributed by atoms with Gasteiger partial charge in [-0.25, -0.2) is 8.42 Å². The molecule has 0 spiro atoms. The van der Waals surface area contributed by atoms with Crippen LogP contribution in [0.25, 0.3) is 10.9 Å². The summed E-state index contributed by atoms with van der Waals surface area (Å²) in [5, 5.41) is 1.57. The van der Waals surface area contributed by atoms with E-state index in [4.69, 9.17) is 11.6 Å². The number of aromatic amines is 1. The minimum absolute atomic E-state index is 0.0390. The molecule has 1 aliphatic rings. The van der Waals surface area contributed by atoms with E-state index in [1.54, 1.807) is 4.90 Å². The van der Waals surface area contributed by atoms with Gasteiger partial charge in [0.1, 0.15) is 0 Å². The number of sulfone groups is 1. The van der Waals surface area contributed by atoms with Crippen molar-refractivity contribution in [2.45, 2.75) is 25.8 Å². The zero-order valence-electron chi connectivity index (χ0n) is 16.0. The highest BCUT2D eigenvalue weighted by Gasteiger charge is 2.34. The Balaban J connectivity index is 1.86. The number of aromatic nitrogens is 1. The second kappa shape index (κ2) is 7.81. The summed E-state index contributed by atoms with van der Waals surface area (Å²) >= 11 is 6.14. The first-order chi connectivity index (χ1) is 12.7. The van der Waals surface area contributed by atoms with Crippen molar-refractivity contribution < 1.29 is 13.2 Å². The summed E-state index contributed by atoms with van der Waals surface area (Å²) in [6, 6.07) is 5.36. The molecule has 0 radical (unpaired) electrons. The van der Waals surface area contributed by atoms with Crippen LogP contribution < -0.4 is 0 Å². The Kier molecular flexibility index (Phi) is 5.84. The van der Waals surface area contributed by atoms with E-state index in [1.807, 2.05) is 44.1 Å². The molecule has 1 aromatic heterocycles. The number of carbonyl (C=O) groups is 1. The third kappa shape index (κ3) is 4.65. The molecule has 8 heteroatoms. The van der Waals surface area contributed by atoms with E-state index in [0.717, 1.165) is 22.2 Å². The summed E-state index contributed by atoms with van der Waals surface area (Å²) in [6.45, 7) is 3.16. The Morgan fingerprint density at radius 1 is 1.30 bits per heavy atom. The number of H-pyrrole nitrogens is 1.